The lowest BCUT2D eigenvalue weighted by atomic mass is 10.1. The van der Waals surface area contributed by atoms with Gasteiger partial charge < -0.3 is 10.8 Å². The molecule has 0 radical (unpaired) electrons. The van der Waals surface area contributed by atoms with E-state index in [-0.39, 0.29) is 0 Å². The van der Waals surface area contributed by atoms with E-state index < -0.39 is 43.7 Å². The standard InChI is InChI=1S/C6H13NO2/c1-4(2)3-5(7)6(8)9/h4-5H,3,7H2,1-2H3,(H,8,9)/t5-/m0/s1/i1D3,2D3,3D2,4D,5D/hD3. The predicted molar refractivity (Wildman–Crippen MR) is 35.1 cm³/mol. The van der Waals surface area contributed by atoms with Crippen LogP contribution in [-0.4, -0.2) is 17.1 Å². The number of carboxylic acids is 1. The van der Waals surface area contributed by atoms with Crippen LogP contribution in [0.5, 0.6) is 0 Å². The first-order chi connectivity index (χ1) is 9.42. The number of nitrogens with two attached hydrogens (primary N) is 1. The Labute approximate surface area is 73.3 Å². The third-order valence-corrected chi connectivity index (χ3v) is 0.437. The highest BCUT2D eigenvalue weighted by Gasteiger charge is 2.11. The lowest BCUT2D eigenvalue weighted by Crippen LogP contribution is -2.31. The third kappa shape index (κ3) is 3.97. The smallest absolute Gasteiger partial charge is 0.320 e. The summed E-state index contributed by atoms with van der Waals surface area (Å²) in [6.45, 7) is -7.71. The highest BCUT2D eigenvalue weighted by atomic mass is 16.4. The van der Waals surface area contributed by atoms with Crippen molar-refractivity contribution in [2.24, 2.45) is 11.6 Å². The van der Waals surface area contributed by atoms with Gasteiger partial charge in [0.2, 0.25) is 0 Å². The third-order valence-electron chi connectivity index (χ3n) is 0.437. The molecule has 9 heavy (non-hydrogen) atoms. The number of aliphatic carboxylic acids is 1. The van der Waals surface area contributed by atoms with E-state index in [2.05, 4.69) is 5.11 Å². The van der Waals surface area contributed by atoms with Crippen molar-refractivity contribution < 1.29 is 26.4 Å². The molecule has 3 N–H and O–H groups in total. The average molecular weight is 144 g/mol. The van der Waals surface area contributed by atoms with Crippen LogP contribution < -0.4 is 5.72 Å². The van der Waals surface area contributed by atoms with Crippen LogP contribution in [-0.2, 0) is 4.79 Å². The molecule has 3 nitrogen and oxygen atoms in total. The van der Waals surface area contributed by atoms with Crippen LogP contribution in [0.3, 0.4) is 0 Å². The van der Waals surface area contributed by atoms with E-state index in [0.717, 1.165) is 0 Å². The molecule has 0 aromatic carbocycles. The first-order valence-electron chi connectivity index (χ1n) is 8.18. The van der Waals surface area contributed by atoms with Crippen LogP contribution in [0.1, 0.15) is 33.8 Å². The summed E-state index contributed by atoms with van der Waals surface area (Å²) in [6.07, 6.45) is -4.11. The van der Waals surface area contributed by atoms with E-state index in [1.165, 1.54) is 0 Å². The second kappa shape index (κ2) is 3.45. The molecule has 0 fully saturated rings. The van der Waals surface area contributed by atoms with Crippen LogP contribution in [0, 0.1) is 5.89 Å². The van der Waals surface area contributed by atoms with Gasteiger partial charge in [0.25, 0.3) is 1.43 Å². The van der Waals surface area contributed by atoms with Crippen molar-refractivity contribution in [3.05, 3.63) is 0 Å². The van der Waals surface area contributed by atoms with Crippen molar-refractivity contribution in [3.8, 4) is 0 Å². The fraction of sp³-hybridized carbons (Fsp3) is 0.833. The fourth-order valence-electron chi connectivity index (χ4n) is 0.169. The molecule has 54 valence electrons. The van der Waals surface area contributed by atoms with Crippen LogP contribution >= 0.6 is 0 Å². The van der Waals surface area contributed by atoms with E-state index in [9.17, 15) is 4.79 Å². The van der Waals surface area contributed by atoms with Gasteiger partial charge in [-0.3, -0.25) is 4.79 Å². The minimum Gasteiger partial charge on any atom is -0.480 e. The number of carboxylic acid groups (broad SMARTS) is 1. The van der Waals surface area contributed by atoms with Crippen molar-refractivity contribution in [1.82, 2.24) is 0 Å². The molecular formula is C6H13NO2. The summed E-state index contributed by atoms with van der Waals surface area (Å²) < 4.78 is 93.6. The SMILES string of the molecule is [2H]OC(=O)[C@@]([2H])(N([2H])[2H])C([2H])([2H])C([2H])(C([2H])([2H])[2H])C([2H])([2H])[2H]. The summed E-state index contributed by atoms with van der Waals surface area (Å²) in [5.74, 6) is -6.27. The minimum atomic E-state index is -4.11. The Hall–Kier alpha value is -0.570. The van der Waals surface area contributed by atoms with Crippen LogP contribution in [0.25, 0.3) is 1.43 Å². The van der Waals surface area contributed by atoms with Gasteiger partial charge in [0, 0.05) is 12.3 Å². The summed E-state index contributed by atoms with van der Waals surface area (Å²) in [6, 6.07) is -3.90. The molecule has 0 aliphatic heterocycles. The Morgan fingerprint density at radius 3 is 3.56 bits per heavy atom. The molecule has 0 aromatic heterocycles. The molecule has 3 heteroatoms. The quantitative estimate of drug-likeness (QED) is 0.602. The summed E-state index contributed by atoms with van der Waals surface area (Å²) in [4.78, 5) is 11.5. The topological polar surface area (TPSA) is 63.3 Å². The van der Waals surface area contributed by atoms with Gasteiger partial charge in [-0.25, -0.2) is 0 Å². The van der Waals surface area contributed by atoms with Gasteiger partial charge in [-0.2, -0.15) is 0 Å². The van der Waals surface area contributed by atoms with Gasteiger partial charge in [0.15, 0.2) is 0 Å². The van der Waals surface area contributed by atoms with Crippen LogP contribution in [0.2, 0.25) is 2.82 Å². The summed E-state index contributed by atoms with van der Waals surface area (Å²) in [5, 5.41) is 3.33. The Balaban J connectivity index is 6.64. The van der Waals surface area contributed by atoms with Crippen molar-refractivity contribution in [2.75, 3.05) is 0 Å². The second-order valence-electron chi connectivity index (χ2n) is 1.14. The zero-order valence-corrected chi connectivity index (χ0v) is 4.26. The Morgan fingerprint density at radius 1 is 2.33 bits per heavy atom. The molecule has 0 aromatic rings. The Bertz CT molecular complexity index is 413. The molecule has 0 unspecified atom stereocenters. The molecule has 0 aliphatic rings. The highest BCUT2D eigenvalue weighted by molar-refractivity contribution is 5.72. The van der Waals surface area contributed by atoms with Gasteiger partial charge in [0.1, 0.15) is 8.84 Å². The van der Waals surface area contributed by atoms with Crippen LogP contribution in [0.15, 0.2) is 0 Å². The van der Waals surface area contributed by atoms with Crippen molar-refractivity contribution >= 4 is 5.97 Å². The van der Waals surface area contributed by atoms with Crippen molar-refractivity contribution in [1.29, 1.82) is 1.43 Å². The molecule has 0 aliphatic carbocycles. The zero-order valence-electron chi connectivity index (χ0n) is 17.3. The maximum Gasteiger partial charge on any atom is 0.320 e. The Morgan fingerprint density at radius 2 is 3.11 bits per heavy atom. The maximum atomic E-state index is 11.5. The summed E-state index contributed by atoms with van der Waals surface area (Å²) >= 11 is 0. The summed E-state index contributed by atoms with van der Waals surface area (Å²) in [7, 11) is 0. The van der Waals surface area contributed by atoms with Crippen LogP contribution in [0.4, 0.5) is 0 Å². The molecule has 0 rings (SSSR count). The number of hydrogen-bond donors (Lipinski definition) is 2. The molecular weight excluding hydrogens is 118 g/mol. The van der Waals surface area contributed by atoms with E-state index >= 15 is 0 Å². The second-order valence-corrected chi connectivity index (χ2v) is 1.14. The lowest BCUT2D eigenvalue weighted by molar-refractivity contribution is -0.138. The molecule has 1 atom stereocenters. The largest absolute Gasteiger partial charge is 0.480 e. The normalized spacial score (nSPS) is 43.9. The Kier molecular flexibility index (Phi) is 0.428. The number of carbonyl (C=O) groups is 1. The van der Waals surface area contributed by atoms with Gasteiger partial charge in [-0.05, 0) is 12.3 Å². The van der Waals surface area contributed by atoms with E-state index in [4.69, 9.17) is 18.0 Å². The van der Waals surface area contributed by atoms with E-state index in [0.29, 0.717) is 0 Å². The molecule has 0 heterocycles. The molecule has 0 bridgehead atoms. The lowest BCUT2D eigenvalue weighted by Gasteiger charge is -2.07. The molecule has 0 spiro atoms. The first-order valence-corrected chi connectivity index (χ1v) is 1.88. The first kappa shape index (κ1) is 1.11. The van der Waals surface area contributed by atoms with E-state index in [1.807, 2.05) is 0 Å². The maximum absolute atomic E-state index is 11.5. The minimum absolute atomic E-state index is 0.940. The number of rotatable bonds is 4. The molecule has 0 saturated heterocycles. The van der Waals surface area contributed by atoms with Gasteiger partial charge in [0.05, 0.1) is 1.37 Å². The van der Waals surface area contributed by atoms with Crippen molar-refractivity contribution in [2.45, 2.75) is 26.1 Å². The monoisotopic (exact) mass is 144 g/mol. The van der Waals surface area contributed by atoms with E-state index in [1.54, 1.807) is 0 Å². The van der Waals surface area contributed by atoms with Gasteiger partial charge in [-0.1, -0.05) is 13.7 Å². The number of hydrogen-bond acceptors (Lipinski definition) is 3. The fourth-order valence-corrected chi connectivity index (χ4v) is 0.169. The highest BCUT2D eigenvalue weighted by Crippen LogP contribution is 2.01. The zero-order chi connectivity index (χ0) is 18.4. The summed E-state index contributed by atoms with van der Waals surface area (Å²) in [5.41, 5.74) is -0.940. The molecule has 0 amide bonds. The van der Waals surface area contributed by atoms with Crippen molar-refractivity contribution in [3.63, 3.8) is 0 Å². The van der Waals surface area contributed by atoms with Gasteiger partial charge in [-0.15, -0.1) is 0 Å². The predicted octanol–water partition coefficient (Wildman–Crippen LogP) is 0.444. The molecule has 0 saturated carbocycles. The average Bonchev–Trinajstić information content (AvgIpc) is 2.31. The van der Waals surface area contributed by atoms with Gasteiger partial charge >= 0.3 is 5.97 Å².